The fourth-order valence-electron chi connectivity index (χ4n) is 1.76. The summed E-state index contributed by atoms with van der Waals surface area (Å²) < 4.78 is 6.82. The second-order valence-corrected chi connectivity index (χ2v) is 4.25. The predicted octanol–water partition coefficient (Wildman–Crippen LogP) is 0.991. The number of carbonyl (C=O) groups is 1. The average Bonchev–Trinajstić information content (AvgIpc) is 2.89. The number of carbonyl (C=O) groups excluding carboxylic acids is 1. The monoisotopic (exact) mass is 284 g/mol. The van der Waals surface area contributed by atoms with Crippen LogP contribution in [0.5, 0.6) is 5.75 Å². The number of nitrogens with two attached hydrogens (primary N) is 1. The number of hydrogen-bond acceptors (Lipinski definition) is 4. The van der Waals surface area contributed by atoms with Crippen LogP contribution in [-0.4, -0.2) is 29.3 Å². The summed E-state index contributed by atoms with van der Waals surface area (Å²) in [4.78, 5) is 12.2. The Morgan fingerprint density at radius 2 is 2.29 bits per heavy atom. The molecule has 0 spiro atoms. The molecule has 6 heteroatoms. The van der Waals surface area contributed by atoms with E-state index in [1.807, 2.05) is 0 Å². The summed E-state index contributed by atoms with van der Waals surface area (Å²) >= 11 is 0. The minimum absolute atomic E-state index is 0.244. The van der Waals surface area contributed by atoms with Gasteiger partial charge in [-0.05, 0) is 18.2 Å². The topological polar surface area (TPSA) is 82.2 Å². The maximum absolute atomic E-state index is 12.2. The van der Waals surface area contributed by atoms with Crippen molar-refractivity contribution in [3.05, 3.63) is 41.6 Å². The molecular formula is C15H16N4O2. The van der Waals surface area contributed by atoms with Gasteiger partial charge in [-0.25, -0.2) is 0 Å². The van der Waals surface area contributed by atoms with Crippen molar-refractivity contribution in [1.82, 2.24) is 9.78 Å². The molecule has 0 aliphatic rings. The Morgan fingerprint density at radius 3 is 2.90 bits per heavy atom. The summed E-state index contributed by atoms with van der Waals surface area (Å²) in [5.74, 6) is 6.47. The van der Waals surface area contributed by atoms with Crippen LogP contribution in [0.25, 0.3) is 0 Å². The van der Waals surface area contributed by atoms with Gasteiger partial charge in [0.1, 0.15) is 5.75 Å². The van der Waals surface area contributed by atoms with Crippen LogP contribution in [-0.2, 0) is 7.05 Å². The molecule has 1 aromatic heterocycles. The van der Waals surface area contributed by atoms with E-state index >= 15 is 0 Å². The van der Waals surface area contributed by atoms with E-state index in [9.17, 15) is 4.79 Å². The quantitative estimate of drug-likeness (QED) is 0.824. The first-order valence-corrected chi connectivity index (χ1v) is 6.32. The van der Waals surface area contributed by atoms with Crippen LogP contribution >= 0.6 is 0 Å². The Morgan fingerprint density at radius 1 is 1.48 bits per heavy atom. The van der Waals surface area contributed by atoms with E-state index in [1.165, 1.54) is 0 Å². The molecule has 6 nitrogen and oxygen atoms in total. The highest BCUT2D eigenvalue weighted by Gasteiger charge is 2.10. The van der Waals surface area contributed by atoms with Crippen LogP contribution in [0.2, 0.25) is 0 Å². The van der Waals surface area contributed by atoms with Crippen LogP contribution in [0.15, 0.2) is 30.5 Å². The van der Waals surface area contributed by atoms with Gasteiger partial charge in [0.15, 0.2) is 5.82 Å². The van der Waals surface area contributed by atoms with Crippen LogP contribution in [0, 0.1) is 11.8 Å². The van der Waals surface area contributed by atoms with Gasteiger partial charge in [0.05, 0.1) is 19.2 Å². The smallest absolute Gasteiger partial charge is 0.256 e. The van der Waals surface area contributed by atoms with E-state index < -0.39 is 0 Å². The first-order chi connectivity index (χ1) is 10.1. The lowest BCUT2D eigenvalue weighted by molar-refractivity contribution is 0.102. The van der Waals surface area contributed by atoms with Crippen molar-refractivity contribution in [2.24, 2.45) is 12.8 Å². The minimum atomic E-state index is -0.257. The van der Waals surface area contributed by atoms with Crippen molar-refractivity contribution in [1.29, 1.82) is 0 Å². The molecule has 0 atom stereocenters. The van der Waals surface area contributed by atoms with E-state index in [2.05, 4.69) is 22.3 Å². The van der Waals surface area contributed by atoms with Crippen molar-refractivity contribution in [3.8, 4) is 17.6 Å². The van der Waals surface area contributed by atoms with Crippen molar-refractivity contribution in [2.45, 2.75) is 0 Å². The number of anilines is 1. The molecule has 0 saturated heterocycles. The Kier molecular flexibility index (Phi) is 4.59. The molecule has 1 heterocycles. The lowest BCUT2D eigenvalue weighted by atomic mass is 10.1. The Bertz CT molecular complexity index is 710. The third-order valence-corrected chi connectivity index (χ3v) is 2.74. The summed E-state index contributed by atoms with van der Waals surface area (Å²) in [6, 6.07) is 6.76. The van der Waals surface area contributed by atoms with Crippen molar-refractivity contribution < 1.29 is 9.53 Å². The molecule has 0 saturated carbocycles. The van der Waals surface area contributed by atoms with Gasteiger partial charge < -0.3 is 15.8 Å². The predicted molar refractivity (Wildman–Crippen MR) is 80.1 cm³/mol. The molecule has 2 rings (SSSR count). The Hall–Kier alpha value is -2.78. The molecule has 0 aliphatic heterocycles. The molecule has 0 aliphatic carbocycles. The van der Waals surface area contributed by atoms with Crippen molar-refractivity contribution >= 4 is 11.7 Å². The van der Waals surface area contributed by atoms with E-state index in [0.717, 1.165) is 0 Å². The first kappa shape index (κ1) is 14.6. The molecule has 0 bridgehead atoms. The molecule has 2 aromatic rings. The number of ether oxygens (including phenoxy) is 1. The summed E-state index contributed by atoms with van der Waals surface area (Å²) in [7, 11) is 3.33. The average molecular weight is 284 g/mol. The lowest BCUT2D eigenvalue weighted by Gasteiger charge is -2.06. The highest BCUT2D eigenvalue weighted by atomic mass is 16.5. The maximum Gasteiger partial charge on any atom is 0.256 e. The summed E-state index contributed by atoms with van der Waals surface area (Å²) in [6.07, 6.45) is 1.75. The number of methoxy groups -OCH3 is 1. The maximum atomic E-state index is 12.2. The number of amides is 1. The van der Waals surface area contributed by atoms with Crippen molar-refractivity contribution in [2.75, 3.05) is 19.0 Å². The van der Waals surface area contributed by atoms with Crippen LogP contribution in [0.4, 0.5) is 5.82 Å². The number of benzene rings is 1. The van der Waals surface area contributed by atoms with E-state index in [4.69, 9.17) is 10.5 Å². The van der Waals surface area contributed by atoms with Crippen LogP contribution < -0.4 is 15.8 Å². The van der Waals surface area contributed by atoms with Gasteiger partial charge in [0.25, 0.3) is 5.91 Å². The number of aromatic nitrogens is 2. The molecule has 1 aromatic carbocycles. The third kappa shape index (κ3) is 3.61. The highest BCUT2D eigenvalue weighted by molar-refractivity contribution is 6.04. The van der Waals surface area contributed by atoms with E-state index in [-0.39, 0.29) is 12.5 Å². The van der Waals surface area contributed by atoms with E-state index in [0.29, 0.717) is 22.7 Å². The molecule has 21 heavy (non-hydrogen) atoms. The zero-order valence-corrected chi connectivity index (χ0v) is 11.9. The number of rotatable bonds is 3. The zero-order valence-electron chi connectivity index (χ0n) is 11.9. The first-order valence-electron chi connectivity index (χ1n) is 6.32. The molecule has 0 unspecified atom stereocenters. The van der Waals surface area contributed by atoms with E-state index in [1.54, 1.807) is 49.3 Å². The van der Waals surface area contributed by atoms with Gasteiger partial charge in [-0.3, -0.25) is 9.48 Å². The van der Waals surface area contributed by atoms with Gasteiger partial charge in [0.2, 0.25) is 0 Å². The molecule has 3 N–H and O–H groups in total. The molecule has 1 amide bonds. The highest BCUT2D eigenvalue weighted by Crippen LogP contribution is 2.19. The largest absolute Gasteiger partial charge is 0.495 e. The zero-order chi connectivity index (χ0) is 15.2. The fourth-order valence-corrected chi connectivity index (χ4v) is 1.76. The summed E-state index contributed by atoms with van der Waals surface area (Å²) in [5.41, 5.74) is 6.46. The van der Waals surface area contributed by atoms with Gasteiger partial charge in [-0.1, -0.05) is 11.8 Å². The normalized spacial score (nSPS) is 9.67. The summed E-state index contributed by atoms with van der Waals surface area (Å²) in [5, 5.41) is 6.81. The van der Waals surface area contributed by atoms with Crippen molar-refractivity contribution in [3.63, 3.8) is 0 Å². The van der Waals surface area contributed by atoms with Crippen LogP contribution in [0.3, 0.4) is 0 Å². The SMILES string of the molecule is COc1ccc(C(=O)Nc2ccn(C)n2)cc1C#CCN. The van der Waals surface area contributed by atoms with Gasteiger partial charge in [-0.2, -0.15) is 5.10 Å². The lowest BCUT2D eigenvalue weighted by Crippen LogP contribution is -2.13. The molecule has 0 radical (unpaired) electrons. The third-order valence-electron chi connectivity index (χ3n) is 2.74. The Balaban J connectivity index is 2.24. The minimum Gasteiger partial charge on any atom is -0.495 e. The second-order valence-electron chi connectivity index (χ2n) is 4.25. The number of hydrogen-bond donors (Lipinski definition) is 2. The van der Waals surface area contributed by atoms with Gasteiger partial charge >= 0.3 is 0 Å². The second kappa shape index (κ2) is 6.59. The molecular weight excluding hydrogens is 268 g/mol. The fraction of sp³-hybridized carbons (Fsp3) is 0.200. The molecule has 108 valence electrons. The number of aryl methyl sites for hydroxylation is 1. The number of nitrogens with one attached hydrogen (secondary N) is 1. The number of nitrogens with zero attached hydrogens (tertiary/aromatic N) is 2. The van der Waals surface area contributed by atoms with Crippen LogP contribution in [0.1, 0.15) is 15.9 Å². The summed E-state index contributed by atoms with van der Waals surface area (Å²) in [6.45, 7) is 0.244. The molecule has 0 fully saturated rings. The Labute approximate surface area is 122 Å². The van der Waals surface area contributed by atoms with Gasteiger partial charge in [0, 0.05) is 24.9 Å². The van der Waals surface area contributed by atoms with Gasteiger partial charge in [-0.15, -0.1) is 0 Å². The standard InChI is InChI=1S/C15H16N4O2/c1-19-9-7-14(18-19)17-15(20)12-5-6-13(21-2)11(10-12)4-3-8-16/h5-7,9-10H,8,16H2,1-2H3,(H,17,18,20).